The molecule has 0 radical (unpaired) electrons. The molecular weight excluding hydrogens is 358 g/mol. The standard InChI is InChI=1S/C20H25N5O3/c26-18(17-12-16(23-24-17)14-2-3-14)25-9-5-20(6-10-25)13-15(4-11-27-20)28-19-21-7-1-8-22-19/h1,7-8,12,14-15H,2-6,9-11,13H2,(H,23,24). The smallest absolute Gasteiger partial charge is 0.316 e. The summed E-state index contributed by atoms with van der Waals surface area (Å²) >= 11 is 0. The highest BCUT2D eigenvalue weighted by molar-refractivity contribution is 5.92. The first-order chi connectivity index (χ1) is 13.7. The van der Waals surface area contributed by atoms with Crippen molar-refractivity contribution in [1.29, 1.82) is 0 Å². The predicted molar refractivity (Wildman–Crippen MR) is 100 cm³/mol. The Kier molecular flexibility index (Phi) is 4.50. The molecule has 2 aromatic rings. The molecule has 28 heavy (non-hydrogen) atoms. The van der Waals surface area contributed by atoms with Crippen molar-refractivity contribution >= 4 is 5.91 Å². The number of piperidine rings is 1. The van der Waals surface area contributed by atoms with Gasteiger partial charge in [-0.2, -0.15) is 5.10 Å². The lowest BCUT2D eigenvalue weighted by molar-refractivity contribution is -0.136. The van der Waals surface area contributed by atoms with Crippen LogP contribution in [0, 0.1) is 0 Å². The minimum absolute atomic E-state index is 0.0132. The van der Waals surface area contributed by atoms with Crippen molar-refractivity contribution in [3.8, 4) is 6.01 Å². The third kappa shape index (κ3) is 3.61. The number of hydrogen-bond donors (Lipinski definition) is 1. The zero-order valence-electron chi connectivity index (χ0n) is 15.8. The van der Waals surface area contributed by atoms with Gasteiger partial charge in [0.15, 0.2) is 0 Å². The number of aromatic amines is 1. The van der Waals surface area contributed by atoms with E-state index in [-0.39, 0.29) is 17.6 Å². The van der Waals surface area contributed by atoms with E-state index in [9.17, 15) is 4.79 Å². The van der Waals surface area contributed by atoms with Crippen LogP contribution in [-0.4, -0.2) is 62.4 Å². The molecule has 4 heterocycles. The summed E-state index contributed by atoms with van der Waals surface area (Å²) in [5, 5.41) is 7.26. The van der Waals surface area contributed by atoms with Crippen LogP contribution in [0.4, 0.5) is 0 Å². The van der Waals surface area contributed by atoms with Crippen molar-refractivity contribution in [2.45, 2.75) is 56.1 Å². The quantitative estimate of drug-likeness (QED) is 0.871. The van der Waals surface area contributed by atoms with Gasteiger partial charge in [0.1, 0.15) is 11.8 Å². The highest BCUT2D eigenvalue weighted by atomic mass is 16.5. The Morgan fingerprint density at radius 3 is 2.75 bits per heavy atom. The summed E-state index contributed by atoms with van der Waals surface area (Å²) in [5.41, 5.74) is 1.40. The van der Waals surface area contributed by atoms with Crippen molar-refractivity contribution < 1.29 is 14.3 Å². The van der Waals surface area contributed by atoms with E-state index in [1.54, 1.807) is 18.5 Å². The number of rotatable bonds is 4. The Morgan fingerprint density at radius 1 is 1.21 bits per heavy atom. The average Bonchev–Trinajstić information content (AvgIpc) is 3.46. The predicted octanol–water partition coefficient (Wildman–Crippen LogP) is 2.31. The first-order valence-corrected chi connectivity index (χ1v) is 10.1. The molecule has 1 amide bonds. The fourth-order valence-corrected chi connectivity index (χ4v) is 4.26. The SMILES string of the molecule is O=C(c1cc(C2CC2)[nH]n1)N1CCC2(CC1)CC(Oc1ncccn1)CCO2. The Morgan fingerprint density at radius 2 is 2.00 bits per heavy atom. The van der Waals surface area contributed by atoms with Crippen molar-refractivity contribution in [3.63, 3.8) is 0 Å². The van der Waals surface area contributed by atoms with E-state index in [2.05, 4.69) is 20.2 Å². The van der Waals surface area contributed by atoms with Gasteiger partial charge in [-0.1, -0.05) is 0 Å². The fraction of sp³-hybridized carbons (Fsp3) is 0.600. The second kappa shape index (κ2) is 7.16. The monoisotopic (exact) mass is 383 g/mol. The number of carbonyl (C=O) groups excluding carboxylic acids is 1. The third-order valence-electron chi connectivity index (χ3n) is 6.06. The molecule has 0 bridgehead atoms. The number of nitrogens with zero attached hydrogens (tertiary/aromatic N) is 4. The highest BCUT2D eigenvalue weighted by Crippen LogP contribution is 2.39. The van der Waals surface area contributed by atoms with Gasteiger partial charge >= 0.3 is 6.01 Å². The minimum Gasteiger partial charge on any atom is -0.460 e. The normalized spacial score (nSPS) is 24.3. The number of ether oxygens (including phenoxy) is 2. The summed E-state index contributed by atoms with van der Waals surface area (Å²) in [6.45, 7) is 2.02. The lowest BCUT2D eigenvalue weighted by atomic mass is 9.83. The van der Waals surface area contributed by atoms with E-state index >= 15 is 0 Å². The van der Waals surface area contributed by atoms with Crippen LogP contribution in [0.15, 0.2) is 24.5 Å². The Hall–Kier alpha value is -2.48. The highest BCUT2D eigenvalue weighted by Gasteiger charge is 2.42. The topological polar surface area (TPSA) is 93.2 Å². The first kappa shape index (κ1) is 17.6. The summed E-state index contributed by atoms with van der Waals surface area (Å²) in [6.07, 6.45) is 9.07. The number of aromatic nitrogens is 4. The van der Waals surface area contributed by atoms with E-state index in [1.807, 2.05) is 11.0 Å². The van der Waals surface area contributed by atoms with Gasteiger partial charge in [0.25, 0.3) is 5.91 Å². The Labute approximate surface area is 163 Å². The van der Waals surface area contributed by atoms with Gasteiger partial charge in [-0.15, -0.1) is 0 Å². The van der Waals surface area contributed by atoms with E-state index in [0.717, 1.165) is 31.4 Å². The molecule has 1 unspecified atom stereocenters. The van der Waals surface area contributed by atoms with Crippen LogP contribution >= 0.6 is 0 Å². The van der Waals surface area contributed by atoms with Gasteiger partial charge in [0, 0.05) is 49.9 Å². The van der Waals surface area contributed by atoms with Crippen LogP contribution in [-0.2, 0) is 4.74 Å². The molecule has 3 fully saturated rings. The van der Waals surface area contributed by atoms with Crippen molar-refractivity contribution in [2.24, 2.45) is 0 Å². The second-order valence-corrected chi connectivity index (χ2v) is 8.07. The van der Waals surface area contributed by atoms with Gasteiger partial charge in [-0.05, 0) is 37.8 Å². The van der Waals surface area contributed by atoms with Crippen LogP contribution in [0.3, 0.4) is 0 Å². The van der Waals surface area contributed by atoms with Gasteiger partial charge in [0.05, 0.1) is 12.2 Å². The van der Waals surface area contributed by atoms with Gasteiger partial charge < -0.3 is 14.4 Å². The van der Waals surface area contributed by atoms with Gasteiger partial charge in [-0.3, -0.25) is 9.89 Å². The average molecular weight is 383 g/mol. The van der Waals surface area contributed by atoms with Crippen LogP contribution in [0.5, 0.6) is 6.01 Å². The molecule has 3 aliphatic rings. The lowest BCUT2D eigenvalue weighted by Gasteiger charge is -2.45. The summed E-state index contributed by atoms with van der Waals surface area (Å²) in [4.78, 5) is 23.0. The zero-order chi connectivity index (χ0) is 19.0. The molecular formula is C20H25N5O3. The summed E-state index contributed by atoms with van der Waals surface area (Å²) in [6, 6.07) is 4.12. The van der Waals surface area contributed by atoms with Crippen LogP contribution in [0.2, 0.25) is 0 Å². The number of amides is 1. The molecule has 5 rings (SSSR count). The van der Waals surface area contributed by atoms with E-state index in [1.165, 1.54) is 12.8 Å². The van der Waals surface area contributed by atoms with Crippen molar-refractivity contribution in [2.75, 3.05) is 19.7 Å². The number of nitrogens with one attached hydrogen (secondary N) is 1. The molecule has 1 atom stereocenters. The number of hydrogen-bond acceptors (Lipinski definition) is 6. The fourth-order valence-electron chi connectivity index (χ4n) is 4.26. The number of likely N-dealkylation sites (tertiary alicyclic amines) is 1. The number of carbonyl (C=O) groups is 1. The minimum atomic E-state index is -0.223. The van der Waals surface area contributed by atoms with Crippen molar-refractivity contribution in [3.05, 3.63) is 35.9 Å². The zero-order valence-corrected chi connectivity index (χ0v) is 15.8. The maximum absolute atomic E-state index is 12.8. The molecule has 1 saturated carbocycles. The molecule has 2 aromatic heterocycles. The molecule has 8 nitrogen and oxygen atoms in total. The molecule has 8 heteroatoms. The Balaban J connectivity index is 1.19. The maximum Gasteiger partial charge on any atom is 0.316 e. The van der Waals surface area contributed by atoms with Crippen LogP contribution in [0.25, 0.3) is 0 Å². The molecule has 1 aliphatic carbocycles. The Bertz CT molecular complexity index is 827. The van der Waals surface area contributed by atoms with Gasteiger partial charge in [-0.25, -0.2) is 9.97 Å². The summed E-state index contributed by atoms with van der Waals surface area (Å²) in [7, 11) is 0. The molecule has 148 valence electrons. The summed E-state index contributed by atoms with van der Waals surface area (Å²) < 4.78 is 12.1. The molecule has 2 aliphatic heterocycles. The van der Waals surface area contributed by atoms with E-state index < -0.39 is 0 Å². The van der Waals surface area contributed by atoms with E-state index in [4.69, 9.17) is 9.47 Å². The first-order valence-electron chi connectivity index (χ1n) is 10.1. The van der Waals surface area contributed by atoms with Crippen LogP contribution < -0.4 is 4.74 Å². The second-order valence-electron chi connectivity index (χ2n) is 8.07. The third-order valence-corrected chi connectivity index (χ3v) is 6.06. The molecule has 2 saturated heterocycles. The molecule has 0 aromatic carbocycles. The number of H-pyrrole nitrogens is 1. The molecule has 1 spiro atoms. The lowest BCUT2D eigenvalue weighted by Crippen LogP contribution is -2.52. The van der Waals surface area contributed by atoms with Crippen LogP contribution in [0.1, 0.15) is 60.6 Å². The maximum atomic E-state index is 12.8. The summed E-state index contributed by atoms with van der Waals surface area (Å²) in [5.74, 6) is 0.583. The van der Waals surface area contributed by atoms with E-state index in [0.29, 0.717) is 37.3 Å². The van der Waals surface area contributed by atoms with Crippen molar-refractivity contribution in [1.82, 2.24) is 25.1 Å². The van der Waals surface area contributed by atoms with Gasteiger partial charge in [0.2, 0.25) is 0 Å². The molecule has 1 N–H and O–H groups in total. The largest absolute Gasteiger partial charge is 0.460 e.